The molecule has 8 heterocycles. The van der Waals surface area contributed by atoms with E-state index in [4.69, 9.17) is 71.2 Å². The third kappa shape index (κ3) is 31.1. The first-order valence-corrected chi connectivity index (χ1v) is 43.3. The van der Waals surface area contributed by atoms with Crippen LogP contribution in [0.1, 0.15) is 103 Å². The molecule has 27 N–H and O–H groups in total. The zero-order valence-corrected chi connectivity index (χ0v) is 71.2. The van der Waals surface area contributed by atoms with E-state index >= 15 is 0 Å². The Morgan fingerprint density at radius 3 is 0.985 bits per heavy atom. The van der Waals surface area contributed by atoms with E-state index in [0.29, 0.717) is 43.6 Å². The summed E-state index contributed by atoms with van der Waals surface area (Å²) in [5, 5.41) is 261. The molecule has 750 valence electrons. The smallest absolute Gasteiger partial charge is 0.333 e. The van der Waals surface area contributed by atoms with E-state index in [1.165, 1.54) is 9.80 Å². The maximum absolute atomic E-state index is 14.2. The quantitative estimate of drug-likeness (QED) is 0.0199. The largest absolute Gasteiger partial charge is 0.394 e. The van der Waals surface area contributed by atoms with Gasteiger partial charge in [0.05, 0.1) is 85.7 Å². The molecule has 0 aliphatic carbocycles. The van der Waals surface area contributed by atoms with Crippen LogP contribution in [0.2, 0.25) is 0 Å². The molecule has 8 saturated heterocycles. The number of hydroxylamine groups is 2. The maximum atomic E-state index is 14.2. The van der Waals surface area contributed by atoms with Gasteiger partial charge in [-0.25, -0.2) is 4.79 Å². The van der Waals surface area contributed by atoms with Crippen molar-refractivity contribution in [2.24, 2.45) is 0 Å². The summed E-state index contributed by atoms with van der Waals surface area (Å²) < 4.78 is 78.9. The summed E-state index contributed by atoms with van der Waals surface area (Å²) in [5.74, 6) is -4.67. The minimum absolute atomic E-state index is 0.0193. The number of ketones is 1. The summed E-state index contributed by atoms with van der Waals surface area (Å²) >= 11 is 0. The average molecular weight is 1890 g/mol. The summed E-state index contributed by atoms with van der Waals surface area (Å²) in [5.41, 5.74) is 0. The Hall–Kier alpha value is -5.40. The molecule has 0 saturated carbocycles. The van der Waals surface area contributed by atoms with Crippen molar-refractivity contribution in [3.8, 4) is 0 Å². The third-order valence-corrected chi connectivity index (χ3v) is 23.0. The topological polar surface area (TPSA) is 806 Å². The van der Waals surface area contributed by atoms with Gasteiger partial charge in [0.15, 0.2) is 44.0 Å². The normalized spacial score (nSPS) is 37.3. The second kappa shape index (κ2) is 54.5. The molecule has 8 aliphatic heterocycles. The van der Waals surface area contributed by atoms with Crippen LogP contribution in [0.4, 0.5) is 0 Å². The minimum atomic E-state index is -2.06. The second-order valence-electron chi connectivity index (χ2n) is 32.7. The van der Waals surface area contributed by atoms with Crippen LogP contribution in [-0.4, -0.2) is 518 Å². The number of nitrogens with one attached hydrogen (secondary N) is 3. The number of aliphatic hydroxyl groups is 24. The molecule has 130 heavy (non-hydrogen) atoms. The van der Waals surface area contributed by atoms with Crippen molar-refractivity contribution in [2.45, 2.75) is 318 Å². The number of ether oxygens (including phenoxy) is 14. The highest BCUT2D eigenvalue weighted by Crippen LogP contribution is 2.35. The summed E-state index contributed by atoms with van der Waals surface area (Å²) in [6.45, 7) is -8.80. The van der Waals surface area contributed by atoms with E-state index in [1.54, 1.807) is 0 Å². The van der Waals surface area contributed by atoms with Crippen LogP contribution in [0.3, 0.4) is 0 Å². The van der Waals surface area contributed by atoms with Crippen LogP contribution in [0.25, 0.3) is 0 Å². The molecule has 0 aromatic rings. The lowest BCUT2D eigenvalue weighted by molar-refractivity contribution is -0.366. The van der Waals surface area contributed by atoms with Gasteiger partial charge >= 0.3 is 5.97 Å². The highest BCUT2D eigenvalue weighted by Gasteiger charge is 2.56. The van der Waals surface area contributed by atoms with Gasteiger partial charge in [0.25, 0.3) is 11.8 Å². The van der Waals surface area contributed by atoms with Gasteiger partial charge < -0.3 is 215 Å². The molecule has 0 bridgehead atoms. The SMILES string of the molecule is O=C(CCCCCNC(=O)CN(CC(=O)NCCCCCC(=O)ON1C(=O)CCC1=O)CC(=O)NCCCCCC(=O)N(CCO[C@@H]1O[C@H](CO)[C@@H](O)[C@H](O)[C@@H]1O)CCO[C@H]1O[C@H](CO[C@H]2O[C@H](CO)[C@@H](O)[C@H](O)[C@@H]2O)[C@@H](O)[C@H](O[C@H]2O[C@H](CO)[C@@H](O)[C@H](O)[C@@H]2O)[C@@H]1O)CCCO[C@H]1O[C@H](CO[C@H]2O[C@H](CO)[C@@H](O)[C@H](O)[C@@H]2O)[C@@H](O)[C@H](O[C@H]2O[C@H](CO)[C@@H](O)[C@H](O)[C@@H]2O)[C@@H]1O. The highest BCUT2D eigenvalue weighted by molar-refractivity contribution is 6.01. The first kappa shape index (κ1) is 110. The number of hydrogen-bond acceptors (Lipinski definition) is 48. The fourth-order valence-electron chi connectivity index (χ4n) is 15.2. The summed E-state index contributed by atoms with van der Waals surface area (Å²) in [6.07, 6.45) is -60.1. The molecule has 6 amide bonds. The Kier molecular flexibility index (Phi) is 46.1. The van der Waals surface area contributed by atoms with Crippen molar-refractivity contribution in [2.75, 3.05) is 118 Å². The number of unbranched alkanes of at least 4 members (excludes halogenated alkanes) is 6. The van der Waals surface area contributed by atoms with Gasteiger partial charge in [-0.3, -0.25) is 38.5 Å². The number of hydrogen-bond donors (Lipinski definition) is 27. The van der Waals surface area contributed by atoms with E-state index in [-0.39, 0.29) is 109 Å². The molecular formula is C77H130N6O47. The average Bonchev–Trinajstić information content (AvgIpc) is 0.954. The van der Waals surface area contributed by atoms with Crippen molar-refractivity contribution in [3.63, 3.8) is 0 Å². The van der Waals surface area contributed by atoms with Gasteiger partial charge in [-0.05, 0) is 44.9 Å². The van der Waals surface area contributed by atoms with Gasteiger partial charge in [-0.2, -0.15) is 0 Å². The van der Waals surface area contributed by atoms with E-state index in [2.05, 4.69) is 16.0 Å². The van der Waals surface area contributed by atoms with Gasteiger partial charge in [0, 0.05) is 71.2 Å². The fraction of sp³-hybridized carbons (Fsp3) is 0.896. The fourth-order valence-corrected chi connectivity index (χ4v) is 15.2. The number of amides is 6. The first-order valence-electron chi connectivity index (χ1n) is 43.3. The molecule has 0 radical (unpaired) electrons. The molecule has 8 aliphatic rings. The number of aliphatic hydroxyl groups excluding tert-OH is 24. The van der Waals surface area contributed by atoms with Crippen molar-refractivity contribution < 1.29 is 232 Å². The molecule has 35 atom stereocenters. The van der Waals surface area contributed by atoms with Gasteiger partial charge in [-0.15, -0.1) is 5.06 Å². The van der Waals surface area contributed by atoms with Crippen LogP contribution >= 0.6 is 0 Å². The van der Waals surface area contributed by atoms with E-state index < -0.39 is 335 Å². The van der Waals surface area contributed by atoms with Crippen LogP contribution in [0.15, 0.2) is 0 Å². The Morgan fingerprint density at radius 2 is 0.623 bits per heavy atom. The minimum Gasteiger partial charge on any atom is -0.394 e. The Labute approximate surface area is 743 Å². The summed E-state index contributed by atoms with van der Waals surface area (Å²) in [4.78, 5) is 111. The highest BCUT2D eigenvalue weighted by atomic mass is 16.8. The maximum Gasteiger partial charge on any atom is 0.333 e. The number of imide groups is 1. The number of carbonyl (C=O) groups excluding carboxylic acids is 8. The lowest BCUT2D eigenvalue weighted by Gasteiger charge is -2.46. The summed E-state index contributed by atoms with van der Waals surface area (Å²) in [6, 6.07) is 0. The van der Waals surface area contributed by atoms with E-state index in [0.717, 1.165) is 0 Å². The molecule has 0 aromatic carbocycles. The molecule has 8 fully saturated rings. The van der Waals surface area contributed by atoms with Crippen molar-refractivity contribution in [1.82, 2.24) is 30.8 Å². The van der Waals surface area contributed by atoms with Crippen LogP contribution in [-0.2, 0) is 110 Å². The molecule has 53 heteroatoms. The lowest BCUT2D eigenvalue weighted by Crippen LogP contribution is -2.65. The van der Waals surface area contributed by atoms with Crippen LogP contribution in [0.5, 0.6) is 0 Å². The van der Waals surface area contributed by atoms with Gasteiger partial charge in [-0.1, -0.05) is 19.3 Å². The van der Waals surface area contributed by atoms with E-state index in [1.807, 2.05) is 0 Å². The standard InChI is InChI=1S/C77H130N6O47/c84-28-36-50(97)57(104)62(109)71(121-36)117-23-20-82(21-24-118-75-68(115)70(129-77-66(113)61(108)54(101)40(32-88)125-77)56(103)42(127-75)34-120-73-64(111)59(106)52(99)38(30-86)123-73)46(93)13-5-2-8-18-79-44(91)26-81(27-45(92)80-19-9-3-6-14-49(96)130-83-47(94)15-16-48(83)95)25-43(90)78-17-7-1-4-11-35(89)12-10-22-116-74-67(114)69(128-76-65(112)60(107)53(100)39(31-87)124-76)55(102)41(126-74)33-119-72-63(110)58(105)51(98)37(29-85)122-72/h36-42,50-77,84-88,97-115H,1-34H2,(H,78,90)(H,79,91)(H,80,92)/t36-,37-,38-,39-,40-,41-,42-,50-,51-,52-,53-,54-,55-,56-,57+,58+,59+,60+,61+,62+,63+,64+,65+,66+,67+,68+,69+,70+,71-,72+,73+,74+,75+,76-,77-/m1/s1. The van der Waals surface area contributed by atoms with Crippen LogP contribution < -0.4 is 16.0 Å². The number of nitrogens with zero attached hydrogens (tertiary/aromatic N) is 3. The van der Waals surface area contributed by atoms with E-state index in [9.17, 15) is 161 Å². The van der Waals surface area contributed by atoms with Crippen LogP contribution in [0, 0.1) is 0 Å². The zero-order chi connectivity index (χ0) is 95.3. The number of Topliss-reactive ketones (excluding diaryl/α,β-unsaturated/α-hetero) is 1. The monoisotopic (exact) mass is 1890 g/mol. The van der Waals surface area contributed by atoms with Crippen molar-refractivity contribution in [3.05, 3.63) is 0 Å². The van der Waals surface area contributed by atoms with Crippen molar-refractivity contribution >= 4 is 47.2 Å². The molecule has 0 unspecified atom stereocenters. The molecule has 8 rings (SSSR count). The third-order valence-electron chi connectivity index (χ3n) is 23.0. The Morgan fingerprint density at radius 1 is 0.323 bits per heavy atom. The number of rotatable bonds is 53. The van der Waals surface area contributed by atoms with Gasteiger partial charge in [0.2, 0.25) is 23.6 Å². The lowest BCUT2D eigenvalue weighted by atomic mass is 9.96. The Bertz CT molecular complexity index is 3410. The Balaban J connectivity index is 0.817. The molecule has 0 spiro atoms. The molecular weight excluding hydrogens is 1760 g/mol. The predicted molar refractivity (Wildman–Crippen MR) is 419 cm³/mol. The summed E-state index contributed by atoms with van der Waals surface area (Å²) in [7, 11) is 0. The van der Waals surface area contributed by atoms with Gasteiger partial charge in [0.1, 0.15) is 177 Å². The number of carbonyl (C=O) groups is 8. The second-order valence-corrected chi connectivity index (χ2v) is 32.7. The molecule has 53 nitrogen and oxygen atoms in total. The van der Waals surface area contributed by atoms with Crippen molar-refractivity contribution in [1.29, 1.82) is 0 Å². The first-order chi connectivity index (χ1) is 62.0. The predicted octanol–water partition coefficient (Wildman–Crippen LogP) is -16.2. The molecule has 0 aromatic heterocycles. The zero-order valence-electron chi connectivity index (χ0n) is 71.2.